The van der Waals surface area contributed by atoms with Crippen molar-refractivity contribution in [3.8, 4) is 0 Å². The number of thiocarbonyl (C=S) groups is 1. The number of nitrogens with zero attached hydrogens (tertiary/aromatic N) is 4. The predicted octanol–water partition coefficient (Wildman–Crippen LogP) is 0.902. The first-order valence-electron chi connectivity index (χ1n) is 8.83. The van der Waals surface area contributed by atoms with E-state index in [2.05, 4.69) is 20.8 Å². The maximum atomic E-state index is 11.6. The third-order valence-corrected chi connectivity index (χ3v) is 4.08. The summed E-state index contributed by atoms with van der Waals surface area (Å²) in [7, 11) is 0. The summed E-state index contributed by atoms with van der Waals surface area (Å²) >= 11 is 5.30. The van der Waals surface area contributed by atoms with E-state index in [4.69, 9.17) is 12.2 Å². The van der Waals surface area contributed by atoms with Gasteiger partial charge < -0.3 is 15.1 Å². The number of piperazine rings is 1. The van der Waals surface area contributed by atoms with Crippen LogP contribution in [0.3, 0.4) is 0 Å². The summed E-state index contributed by atoms with van der Waals surface area (Å²) in [6.45, 7) is 9.90. The molecule has 0 atom stereocenters. The number of carbonyl (C=O) groups is 2. The van der Waals surface area contributed by atoms with Crippen LogP contribution in [0.25, 0.3) is 0 Å². The Labute approximate surface area is 160 Å². The van der Waals surface area contributed by atoms with Crippen LogP contribution in [0.15, 0.2) is 22.4 Å². The van der Waals surface area contributed by atoms with Crippen LogP contribution in [-0.4, -0.2) is 70.9 Å². The van der Waals surface area contributed by atoms with Crippen molar-refractivity contribution in [1.82, 2.24) is 20.5 Å². The second-order valence-corrected chi connectivity index (χ2v) is 5.88. The SMILES string of the molecule is CC.C\C=C/N=C1\CN(C(C)=O)CC\C1=N\NC(=S)N1CCNC(=O)C1. The Hall–Kier alpha value is -2.29. The van der Waals surface area contributed by atoms with Crippen LogP contribution in [0.1, 0.15) is 34.1 Å². The van der Waals surface area contributed by atoms with Gasteiger partial charge in [-0.25, -0.2) is 0 Å². The average molecular weight is 381 g/mol. The van der Waals surface area contributed by atoms with Crippen molar-refractivity contribution in [3.63, 3.8) is 0 Å². The molecule has 2 rings (SSSR count). The molecule has 2 N–H and O–H groups in total. The first kappa shape index (κ1) is 21.8. The molecule has 2 amide bonds. The number of carbonyl (C=O) groups excluding carboxylic acids is 2. The summed E-state index contributed by atoms with van der Waals surface area (Å²) in [5.74, 6) is -0.0341. The van der Waals surface area contributed by atoms with E-state index in [1.807, 2.05) is 26.8 Å². The van der Waals surface area contributed by atoms with Crippen molar-refractivity contribution in [2.75, 3.05) is 32.7 Å². The van der Waals surface area contributed by atoms with Crippen molar-refractivity contribution in [2.45, 2.75) is 34.1 Å². The summed E-state index contributed by atoms with van der Waals surface area (Å²) in [4.78, 5) is 30.8. The van der Waals surface area contributed by atoms with Crippen molar-refractivity contribution < 1.29 is 9.59 Å². The average Bonchev–Trinajstić information content (AvgIpc) is 2.66. The van der Waals surface area contributed by atoms with Crippen LogP contribution in [-0.2, 0) is 9.59 Å². The molecule has 0 aromatic carbocycles. The molecular weight excluding hydrogens is 352 g/mol. The Balaban J connectivity index is 0.00000163. The summed E-state index contributed by atoms with van der Waals surface area (Å²) in [6, 6.07) is 0. The van der Waals surface area contributed by atoms with Crippen LogP contribution >= 0.6 is 12.2 Å². The van der Waals surface area contributed by atoms with Gasteiger partial charge in [-0.1, -0.05) is 19.9 Å². The summed E-state index contributed by atoms with van der Waals surface area (Å²) in [5.41, 5.74) is 4.36. The number of amides is 2. The van der Waals surface area contributed by atoms with Crippen molar-refractivity contribution >= 4 is 40.6 Å². The number of hydrazone groups is 1. The Morgan fingerprint density at radius 1 is 1.23 bits per heavy atom. The zero-order chi connectivity index (χ0) is 19.5. The topological polar surface area (TPSA) is 89.4 Å². The van der Waals surface area contributed by atoms with Gasteiger partial charge in [0.05, 0.1) is 24.5 Å². The van der Waals surface area contributed by atoms with E-state index in [0.29, 0.717) is 37.7 Å². The van der Waals surface area contributed by atoms with E-state index in [1.165, 1.54) is 0 Å². The van der Waals surface area contributed by atoms with Gasteiger partial charge in [-0.3, -0.25) is 20.0 Å². The lowest BCUT2D eigenvalue weighted by molar-refractivity contribution is -0.128. The molecule has 0 aromatic rings. The van der Waals surface area contributed by atoms with Gasteiger partial charge in [0.2, 0.25) is 11.8 Å². The largest absolute Gasteiger partial charge is 0.353 e. The molecule has 8 nitrogen and oxygen atoms in total. The molecular formula is C17H28N6O2S. The van der Waals surface area contributed by atoms with Crippen molar-refractivity contribution in [2.24, 2.45) is 10.1 Å². The van der Waals surface area contributed by atoms with Crippen LogP contribution in [0, 0.1) is 0 Å². The van der Waals surface area contributed by atoms with Gasteiger partial charge in [-0.15, -0.1) is 0 Å². The fourth-order valence-electron chi connectivity index (χ4n) is 2.40. The fraction of sp³-hybridized carbons (Fsp3) is 0.588. The minimum absolute atomic E-state index is 0.0186. The third kappa shape index (κ3) is 6.55. The highest BCUT2D eigenvalue weighted by Gasteiger charge is 2.23. The number of likely N-dealkylation sites (tertiary alicyclic amines) is 1. The molecule has 2 saturated heterocycles. The van der Waals surface area contributed by atoms with Gasteiger partial charge in [0, 0.05) is 39.2 Å². The number of aliphatic imine (C=N–C) groups is 1. The standard InChI is InChI=1S/C15H22N6O2S.C2H6/c1-3-5-16-13-9-20(11(2)22)7-4-12(13)18-19-15(24)21-8-6-17-14(23)10-21;1-2/h3,5H,4,6-10H2,1-2H3,(H,17,23)(H,19,24);1-2H3/b5-3-,16-13+,18-12-;. The quantitative estimate of drug-likeness (QED) is 0.549. The zero-order valence-corrected chi connectivity index (χ0v) is 16.7. The highest BCUT2D eigenvalue weighted by atomic mass is 32.1. The smallest absolute Gasteiger partial charge is 0.239 e. The Kier molecular flexibility index (Phi) is 9.50. The monoisotopic (exact) mass is 380 g/mol. The fourth-order valence-corrected chi connectivity index (χ4v) is 2.60. The van der Waals surface area contributed by atoms with Gasteiger partial charge in [-0.2, -0.15) is 5.10 Å². The minimum Gasteiger partial charge on any atom is -0.353 e. The van der Waals surface area contributed by atoms with E-state index in [9.17, 15) is 9.59 Å². The highest BCUT2D eigenvalue weighted by molar-refractivity contribution is 7.80. The molecule has 0 radical (unpaired) electrons. The van der Waals surface area contributed by atoms with E-state index in [1.54, 1.807) is 22.9 Å². The first-order valence-corrected chi connectivity index (χ1v) is 9.24. The maximum absolute atomic E-state index is 11.6. The summed E-state index contributed by atoms with van der Waals surface area (Å²) < 4.78 is 0. The molecule has 0 aliphatic carbocycles. The molecule has 0 saturated carbocycles. The normalized spacial score (nSPS) is 20.7. The lowest BCUT2D eigenvalue weighted by atomic mass is 10.1. The number of hydrogen-bond acceptors (Lipinski definition) is 5. The second kappa shape index (κ2) is 11.3. The lowest BCUT2D eigenvalue weighted by Gasteiger charge is -2.29. The van der Waals surface area contributed by atoms with Crippen LogP contribution in [0.2, 0.25) is 0 Å². The molecule has 9 heteroatoms. The van der Waals surface area contributed by atoms with E-state index in [-0.39, 0.29) is 18.4 Å². The molecule has 2 aliphatic heterocycles. The van der Waals surface area contributed by atoms with Crippen LogP contribution in [0.5, 0.6) is 0 Å². The molecule has 0 aromatic heterocycles. The molecule has 2 heterocycles. The van der Waals surface area contributed by atoms with Crippen LogP contribution < -0.4 is 10.7 Å². The number of nitrogens with one attached hydrogen (secondary N) is 2. The third-order valence-electron chi connectivity index (χ3n) is 3.73. The molecule has 2 aliphatic rings. The molecule has 0 unspecified atom stereocenters. The van der Waals surface area contributed by atoms with Crippen molar-refractivity contribution in [3.05, 3.63) is 12.3 Å². The van der Waals surface area contributed by atoms with Crippen LogP contribution in [0.4, 0.5) is 0 Å². The lowest BCUT2D eigenvalue weighted by Crippen LogP contribution is -2.52. The Morgan fingerprint density at radius 2 is 1.96 bits per heavy atom. The molecule has 0 spiro atoms. The number of allylic oxidation sites excluding steroid dienone is 1. The van der Waals surface area contributed by atoms with E-state index >= 15 is 0 Å². The Morgan fingerprint density at radius 3 is 2.58 bits per heavy atom. The first-order chi connectivity index (χ1) is 12.5. The summed E-state index contributed by atoms with van der Waals surface area (Å²) in [6.07, 6.45) is 4.11. The number of rotatable bonds is 2. The summed E-state index contributed by atoms with van der Waals surface area (Å²) in [5, 5.41) is 7.52. The molecule has 2 fully saturated rings. The van der Waals surface area contributed by atoms with Gasteiger partial charge in [-0.05, 0) is 19.1 Å². The van der Waals surface area contributed by atoms with E-state index in [0.717, 1.165) is 11.4 Å². The Bertz CT molecular complexity index is 614. The van der Waals surface area contributed by atoms with Gasteiger partial charge in [0.1, 0.15) is 0 Å². The molecule has 0 bridgehead atoms. The minimum atomic E-state index is -0.0526. The van der Waals surface area contributed by atoms with Crippen molar-refractivity contribution in [1.29, 1.82) is 0 Å². The molecule has 26 heavy (non-hydrogen) atoms. The van der Waals surface area contributed by atoms with Gasteiger partial charge in [0.25, 0.3) is 0 Å². The highest BCUT2D eigenvalue weighted by Crippen LogP contribution is 2.07. The predicted molar refractivity (Wildman–Crippen MR) is 108 cm³/mol. The second-order valence-electron chi connectivity index (χ2n) is 5.50. The molecule has 144 valence electrons. The van der Waals surface area contributed by atoms with E-state index < -0.39 is 0 Å². The van der Waals surface area contributed by atoms with Gasteiger partial charge >= 0.3 is 0 Å². The zero-order valence-electron chi connectivity index (χ0n) is 15.9. The number of piperidine rings is 1. The maximum Gasteiger partial charge on any atom is 0.239 e. The number of hydrogen-bond donors (Lipinski definition) is 2. The van der Waals surface area contributed by atoms with Gasteiger partial charge in [0.15, 0.2) is 5.11 Å².